The van der Waals surface area contributed by atoms with Crippen LogP contribution in [0.2, 0.25) is 0 Å². The minimum Gasteiger partial charge on any atom is -0.488 e. The first-order valence-electron chi connectivity index (χ1n) is 10.4. The predicted octanol–water partition coefficient (Wildman–Crippen LogP) is 7.39. The van der Waals surface area contributed by atoms with E-state index in [1.807, 2.05) is 58.0 Å². The molecule has 0 atom stereocenters. The number of rotatable bonds is 7. The van der Waals surface area contributed by atoms with Gasteiger partial charge >= 0.3 is 0 Å². The summed E-state index contributed by atoms with van der Waals surface area (Å²) in [5, 5.41) is 0. The third-order valence-corrected chi connectivity index (χ3v) is 6.01. The van der Waals surface area contributed by atoms with E-state index in [1.165, 1.54) is 5.56 Å². The highest BCUT2D eigenvalue weighted by molar-refractivity contribution is 5.48. The smallest absolute Gasteiger partial charge is 0.123 e. The standard InChI is InChI=1S/C26H36F2O/c1-9-25(7,8)29-23-13-11-21(15-19(23)3)26(16-27,17-28)20-10-12-22(18(2)14-20)24(4,5)6/h10-15H,9,16-17H2,1-8H3. The number of aryl methyl sites for hydroxylation is 2. The van der Waals surface area contributed by atoms with Crippen LogP contribution in [-0.4, -0.2) is 19.0 Å². The lowest BCUT2D eigenvalue weighted by molar-refractivity contribution is 0.104. The summed E-state index contributed by atoms with van der Waals surface area (Å²) in [7, 11) is 0. The van der Waals surface area contributed by atoms with Gasteiger partial charge in [0.05, 0.1) is 5.41 Å². The Morgan fingerprint density at radius 1 is 0.793 bits per heavy atom. The number of halogens is 2. The van der Waals surface area contributed by atoms with E-state index in [0.29, 0.717) is 11.1 Å². The van der Waals surface area contributed by atoms with E-state index in [-0.39, 0.29) is 11.0 Å². The summed E-state index contributed by atoms with van der Waals surface area (Å²) in [6.45, 7) is 14.9. The van der Waals surface area contributed by atoms with Crippen molar-refractivity contribution in [3.05, 3.63) is 64.2 Å². The molecule has 0 fully saturated rings. The van der Waals surface area contributed by atoms with Crippen LogP contribution in [0.1, 0.15) is 75.8 Å². The maximum absolute atomic E-state index is 14.4. The van der Waals surface area contributed by atoms with Crippen molar-refractivity contribution in [2.45, 2.75) is 78.2 Å². The Balaban J connectivity index is 2.53. The van der Waals surface area contributed by atoms with E-state index in [4.69, 9.17) is 4.74 Å². The van der Waals surface area contributed by atoms with Crippen LogP contribution in [0.4, 0.5) is 8.78 Å². The molecule has 0 spiro atoms. The van der Waals surface area contributed by atoms with Crippen LogP contribution in [0.25, 0.3) is 0 Å². The van der Waals surface area contributed by atoms with Gasteiger partial charge in [0.1, 0.15) is 24.7 Å². The highest BCUT2D eigenvalue weighted by Crippen LogP contribution is 2.38. The average molecular weight is 403 g/mol. The highest BCUT2D eigenvalue weighted by atomic mass is 19.1. The molecule has 29 heavy (non-hydrogen) atoms. The average Bonchev–Trinajstić information content (AvgIpc) is 2.64. The monoisotopic (exact) mass is 402 g/mol. The van der Waals surface area contributed by atoms with Gasteiger partial charge in [0.15, 0.2) is 0 Å². The van der Waals surface area contributed by atoms with Gasteiger partial charge < -0.3 is 4.74 Å². The van der Waals surface area contributed by atoms with Crippen molar-refractivity contribution in [2.75, 3.05) is 13.3 Å². The second-order valence-electron chi connectivity index (χ2n) is 9.82. The molecule has 0 N–H and O–H groups in total. The molecule has 2 rings (SSSR count). The van der Waals surface area contributed by atoms with Crippen LogP contribution in [0, 0.1) is 13.8 Å². The van der Waals surface area contributed by atoms with E-state index < -0.39 is 18.8 Å². The second kappa shape index (κ2) is 8.45. The Kier molecular flexibility index (Phi) is 6.82. The first-order valence-corrected chi connectivity index (χ1v) is 10.4. The van der Waals surface area contributed by atoms with Gasteiger partial charge in [-0.25, -0.2) is 8.78 Å². The van der Waals surface area contributed by atoms with Crippen molar-refractivity contribution >= 4 is 0 Å². The highest BCUT2D eigenvalue weighted by Gasteiger charge is 2.36. The van der Waals surface area contributed by atoms with E-state index >= 15 is 0 Å². The molecular formula is C26H36F2O. The molecule has 1 nitrogen and oxygen atoms in total. The third kappa shape index (κ3) is 4.82. The summed E-state index contributed by atoms with van der Waals surface area (Å²) in [5.41, 5.74) is 2.85. The molecule has 0 saturated heterocycles. The maximum atomic E-state index is 14.4. The lowest BCUT2D eigenvalue weighted by Crippen LogP contribution is -2.33. The summed E-state index contributed by atoms with van der Waals surface area (Å²) in [4.78, 5) is 0. The quantitative estimate of drug-likeness (QED) is 0.469. The number of hydrogen-bond donors (Lipinski definition) is 0. The zero-order chi connectivity index (χ0) is 22.0. The summed E-state index contributed by atoms with van der Waals surface area (Å²) in [6.07, 6.45) is 0.868. The van der Waals surface area contributed by atoms with Crippen LogP contribution in [0.15, 0.2) is 36.4 Å². The molecule has 3 heteroatoms. The van der Waals surface area contributed by atoms with Crippen molar-refractivity contribution in [2.24, 2.45) is 0 Å². The topological polar surface area (TPSA) is 9.23 Å². The van der Waals surface area contributed by atoms with Crippen LogP contribution in [0.3, 0.4) is 0 Å². The molecule has 0 heterocycles. The first-order chi connectivity index (χ1) is 13.4. The lowest BCUT2D eigenvalue weighted by atomic mass is 9.74. The summed E-state index contributed by atoms with van der Waals surface area (Å²) in [5.74, 6) is 0.756. The second-order valence-corrected chi connectivity index (χ2v) is 9.82. The van der Waals surface area contributed by atoms with Crippen LogP contribution < -0.4 is 4.74 Å². The van der Waals surface area contributed by atoms with Crippen molar-refractivity contribution in [3.8, 4) is 5.75 Å². The minimum absolute atomic E-state index is 0.0155. The zero-order valence-electron chi connectivity index (χ0n) is 19.2. The molecule has 0 bridgehead atoms. The molecule has 0 saturated carbocycles. The normalized spacial score (nSPS) is 12.9. The van der Waals surface area contributed by atoms with Crippen molar-refractivity contribution in [1.29, 1.82) is 0 Å². The third-order valence-electron chi connectivity index (χ3n) is 6.01. The van der Waals surface area contributed by atoms with E-state index in [9.17, 15) is 8.78 Å². The van der Waals surface area contributed by atoms with E-state index in [1.54, 1.807) is 6.07 Å². The number of ether oxygens (including phenoxy) is 1. The molecular weight excluding hydrogens is 366 g/mol. The van der Waals surface area contributed by atoms with Gasteiger partial charge in [0.25, 0.3) is 0 Å². The molecule has 0 amide bonds. The summed E-state index contributed by atoms with van der Waals surface area (Å²) in [6, 6.07) is 11.4. The van der Waals surface area contributed by atoms with Gasteiger partial charge in [0, 0.05) is 0 Å². The van der Waals surface area contributed by atoms with Crippen LogP contribution in [0.5, 0.6) is 5.75 Å². The van der Waals surface area contributed by atoms with Crippen molar-refractivity contribution in [1.82, 2.24) is 0 Å². The molecule has 0 aromatic heterocycles. The van der Waals surface area contributed by atoms with Gasteiger partial charge in [-0.1, -0.05) is 58.0 Å². The maximum Gasteiger partial charge on any atom is 0.123 e. The first kappa shape index (κ1) is 23.4. The van der Waals surface area contributed by atoms with Gasteiger partial charge in [-0.2, -0.15) is 0 Å². The fraction of sp³-hybridized carbons (Fsp3) is 0.538. The Morgan fingerprint density at radius 2 is 1.31 bits per heavy atom. The number of alkyl halides is 2. The molecule has 0 aliphatic rings. The molecule has 0 aliphatic carbocycles. The van der Waals surface area contributed by atoms with Gasteiger partial charge in [0.2, 0.25) is 0 Å². The molecule has 0 aliphatic heterocycles. The SMILES string of the molecule is CCC(C)(C)Oc1ccc(C(CF)(CF)c2ccc(C(C)(C)C)c(C)c2)cc1C. The number of hydrogen-bond acceptors (Lipinski definition) is 1. The molecule has 160 valence electrons. The Hall–Kier alpha value is -1.90. The van der Waals surface area contributed by atoms with Gasteiger partial charge in [-0.05, 0) is 73.4 Å². The molecule has 2 aromatic carbocycles. The van der Waals surface area contributed by atoms with Crippen LogP contribution in [-0.2, 0) is 10.8 Å². The molecule has 0 radical (unpaired) electrons. The Morgan fingerprint density at radius 3 is 1.72 bits per heavy atom. The van der Waals surface area contributed by atoms with Gasteiger partial charge in [-0.3, -0.25) is 0 Å². The predicted molar refractivity (Wildman–Crippen MR) is 119 cm³/mol. The largest absolute Gasteiger partial charge is 0.488 e. The Bertz CT molecular complexity index is 842. The summed E-state index contributed by atoms with van der Waals surface area (Å²) < 4.78 is 35.0. The van der Waals surface area contributed by atoms with Gasteiger partial charge in [-0.15, -0.1) is 0 Å². The van der Waals surface area contributed by atoms with E-state index in [2.05, 4.69) is 27.7 Å². The van der Waals surface area contributed by atoms with Crippen LogP contribution >= 0.6 is 0 Å². The number of benzene rings is 2. The van der Waals surface area contributed by atoms with Crippen molar-refractivity contribution in [3.63, 3.8) is 0 Å². The van der Waals surface area contributed by atoms with E-state index in [0.717, 1.165) is 23.3 Å². The Labute approximate surface area is 175 Å². The molecule has 2 aromatic rings. The molecule has 0 unspecified atom stereocenters. The fourth-order valence-corrected chi connectivity index (χ4v) is 3.75. The van der Waals surface area contributed by atoms with Crippen molar-refractivity contribution < 1.29 is 13.5 Å². The minimum atomic E-state index is -1.30. The zero-order valence-corrected chi connectivity index (χ0v) is 19.2. The summed E-state index contributed by atoms with van der Waals surface area (Å²) >= 11 is 0. The fourth-order valence-electron chi connectivity index (χ4n) is 3.75. The lowest BCUT2D eigenvalue weighted by Gasteiger charge is -2.32.